The van der Waals surface area contributed by atoms with Crippen LogP contribution < -0.4 is 10.2 Å². The fraction of sp³-hybridized carbons (Fsp3) is 0.0435. The SMILES string of the molecule is O=C(Cc1cccc(F)c1)Oc1ccc2c(=O)c(-c3ccccc3)coc2c1. The predicted molar refractivity (Wildman–Crippen MR) is 104 cm³/mol. The molecule has 0 saturated carbocycles. The lowest BCUT2D eigenvalue weighted by molar-refractivity contribution is -0.133. The van der Waals surface area contributed by atoms with Crippen LogP contribution in [0.1, 0.15) is 5.56 Å². The Balaban J connectivity index is 1.58. The van der Waals surface area contributed by atoms with Gasteiger partial charge in [0.05, 0.1) is 17.4 Å². The third kappa shape index (κ3) is 3.69. The highest BCUT2D eigenvalue weighted by atomic mass is 19.1. The smallest absolute Gasteiger partial charge is 0.315 e. The van der Waals surface area contributed by atoms with Crippen LogP contribution in [0.3, 0.4) is 0 Å². The highest BCUT2D eigenvalue weighted by Gasteiger charge is 2.12. The molecule has 4 nitrogen and oxygen atoms in total. The molecule has 3 aromatic carbocycles. The van der Waals surface area contributed by atoms with E-state index < -0.39 is 11.8 Å². The summed E-state index contributed by atoms with van der Waals surface area (Å²) < 4.78 is 24.1. The van der Waals surface area contributed by atoms with Crippen molar-refractivity contribution in [3.63, 3.8) is 0 Å². The van der Waals surface area contributed by atoms with E-state index in [0.717, 1.165) is 5.56 Å². The summed E-state index contributed by atoms with van der Waals surface area (Å²) in [5.74, 6) is -0.690. The normalized spacial score (nSPS) is 10.8. The zero-order valence-electron chi connectivity index (χ0n) is 14.7. The molecule has 1 heterocycles. The van der Waals surface area contributed by atoms with Gasteiger partial charge in [-0.2, -0.15) is 0 Å². The number of ether oxygens (including phenoxy) is 1. The first-order chi connectivity index (χ1) is 13.6. The molecule has 0 atom stereocenters. The van der Waals surface area contributed by atoms with Crippen molar-refractivity contribution in [2.45, 2.75) is 6.42 Å². The van der Waals surface area contributed by atoms with Gasteiger partial charge in [0.25, 0.3) is 0 Å². The van der Waals surface area contributed by atoms with Crippen molar-refractivity contribution in [3.8, 4) is 16.9 Å². The summed E-state index contributed by atoms with van der Waals surface area (Å²) in [6, 6.07) is 19.6. The van der Waals surface area contributed by atoms with E-state index in [-0.39, 0.29) is 17.6 Å². The summed E-state index contributed by atoms with van der Waals surface area (Å²) in [6.45, 7) is 0. The molecule has 0 aliphatic heterocycles. The van der Waals surface area contributed by atoms with E-state index in [0.29, 0.717) is 22.1 Å². The Morgan fingerprint density at radius 2 is 1.79 bits per heavy atom. The van der Waals surface area contributed by atoms with Crippen LogP contribution in [0.25, 0.3) is 22.1 Å². The van der Waals surface area contributed by atoms with Crippen molar-refractivity contribution in [1.82, 2.24) is 0 Å². The molecule has 5 heteroatoms. The van der Waals surface area contributed by atoms with Gasteiger partial charge in [-0.15, -0.1) is 0 Å². The van der Waals surface area contributed by atoms with Crippen molar-refractivity contribution in [1.29, 1.82) is 0 Å². The second-order valence-corrected chi connectivity index (χ2v) is 6.28. The molecule has 138 valence electrons. The second kappa shape index (κ2) is 7.48. The van der Waals surface area contributed by atoms with E-state index in [1.54, 1.807) is 12.1 Å². The minimum absolute atomic E-state index is 0.0628. The Labute approximate surface area is 159 Å². The lowest BCUT2D eigenvalue weighted by Gasteiger charge is -2.07. The first-order valence-electron chi connectivity index (χ1n) is 8.66. The molecule has 0 saturated heterocycles. The number of carbonyl (C=O) groups is 1. The van der Waals surface area contributed by atoms with Crippen LogP contribution in [-0.4, -0.2) is 5.97 Å². The van der Waals surface area contributed by atoms with Crippen LogP contribution in [0.15, 0.2) is 88.3 Å². The van der Waals surface area contributed by atoms with E-state index in [4.69, 9.17) is 9.15 Å². The molecule has 28 heavy (non-hydrogen) atoms. The Hall–Kier alpha value is -3.73. The fourth-order valence-corrected chi connectivity index (χ4v) is 2.97. The molecule has 0 aliphatic carbocycles. The number of esters is 1. The molecular weight excluding hydrogens is 359 g/mol. The zero-order valence-corrected chi connectivity index (χ0v) is 14.7. The Morgan fingerprint density at radius 3 is 2.57 bits per heavy atom. The van der Waals surface area contributed by atoms with Crippen molar-refractivity contribution in [3.05, 3.63) is 101 Å². The Morgan fingerprint density at radius 1 is 0.964 bits per heavy atom. The third-order valence-corrected chi connectivity index (χ3v) is 4.30. The molecule has 0 fully saturated rings. The van der Waals surface area contributed by atoms with Gasteiger partial charge in [-0.05, 0) is 35.4 Å². The van der Waals surface area contributed by atoms with Gasteiger partial charge in [0.1, 0.15) is 23.4 Å². The van der Waals surface area contributed by atoms with Crippen LogP contribution in [0.2, 0.25) is 0 Å². The van der Waals surface area contributed by atoms with Crippen LogP contribution in [-0.2, 0) is 11.2 Å². The maximum Gasteiger partial charge on any atom is 0.315 e. The summed E-state index contributed by atoms with van der Waals surface area (Å²) in [7, 11) is 0. The van der Waals surface area contributed by atoms with E-state index in [9.17, 15) is 14.0 Å². The van der Waals surface area contributed by atoms with Gasteiger partial charge in [-0.1, -0.05) is 42.5 Å². The summed E-state index contributed by atoms with van der Waals surface area (Å²) in [4.78, 5) is 24.8. The second-order valence-electron chi connectivity index (χ2n) is 6.28. The molecule has 0 amide bonds. The lowest BCUT2D eigenvalue weighted by Crippen LogP contribution is -2.11. The fourth-order valence-electron chi connectivity index (χ4n) is 2.97. The number of benzene rings is 3. The predicted octanol–water partition coefficient (Wildman–Crippen LogP) is 4.75. The molecule has 0 radical (unpaired) electrons. The third-order valence-electron chi connectivity index (χ3n) is 4.30. The van der Waals surface area contributed by atoms with Gasteiger partial charge in [0, 0.05) is 6.07 Å². The topological polar surface area (TPSA) is 56.5 Å². The van der Waals surface area contributed by atoms with Crippen molar-refractivity contribution < 1.29 is 18.3 Å². The highest BCUT2D eigenvalue weighted by Crippen LogP contribution is 2.23. The van der Waals surface area contributed by atoms with E-state index in [1.807, 2.05) is 30.3 Å². The Kier molecular flexibility index (Phi) is 4.72. The van der Waals surface area contributed by atoms with Gasteiger partial charge in [-0.25, -0.2) is 4.39 Å². The first-order valence-corrected chi connectivity index (χ1v) is 8.66. The maximum absolute atomic E-state index is 13.2. The van der Waals surface area contributed by atoms with Crippen LogP contribution in [0.4, 0.5) is 4.39 Å². The number of fused-ring (bicyclic) bond motifs is 1. The molecule has 4 rings (SSSR count). The average molecular weight is 374 g/mol. The number of hydrogen-bond acceptors (Lipinski definition) is 4. The largest absolute Gasteiger partial charge is 0.463 e. The van der Waals surface area contributed by atoms with Crippen molar-refractivity contribution >= 4 is 16.9 Å². The molecular formula is C23H15FO4. The lowest BCUT2D eigenvalue weighted by atomic mass is 10.1. The molecule has 0 aliphatic rings. The van der Waals surface area contributed by atoms with Crippen LogP contribution in [0.5, 0.6) is 5.75 Å². The Bertz CT molecular complexity index is 1210. The maximum atomic E-state index is 13.2. The number of rotatable bonds is 4. The monoisotopic (exact) mass is 374 g/mol. The minimum Gasteiger partial charge on any atom is -0.463 e. The molecule has 4 aromatic rings. The number of hydrogen-bond donors (Lipinski definition) is 0. The van der Waals surface area contributed by atoms with E-state index in [2.05, 4.69) is 0 Å². The highest BCUT2D eigenvalue weighted by molar-refractivity contribution is 5.83. The van der Waals surface area contributed by atoms with Gasteiger partial charge in [0.15, 0.2) is 5.43 Å². The van der Waals surface area contributed by atoms with Gasteiger partial charge in [-0.3, -0.25) is 9.59 Å². The van der Waals surface area contributed by atoms with Gasteiger partial charge in [0.2, 0.25) is 0 Å². The van der Waals surface area contributed by atoms with Crippen molar-refractivity contribution in [2.24, 2.45) is 0 Å². The van der Waals surface area contributed by atoms with Gasteiger partial charge < -0.3 is 9.15 Å². The van der Waals surface area contributed by atoms with Gasteiger partial charge >= 0.3 is 5.97 Å². The molecule has 0 N–H and O–H groups in total. The standard InChI is InChI=1S/C23H15FO4/c24-17-8-4-5-15(11-17)12-22(25)28-18-9-10-19-21(13-18)27-14-20(23(19)26)16-6-2-1-3-7-16/h1-11,13-14H,12H2. The first kappa shape index (κ1) is 17.7. The van der Waals surface area contributed by atoms with Crippen LogP contribution in [0, 0.1) is 5.82 Å². The number of carbonyl (C=O) groups excluding carboxylic acids is 1. The minimum atomic E-state index is -0.534. The summed E-state index contributed by atoms with van der Waals surface area (Å²) in [5.41, 5.74) is 1.91. The van der Waals surface area contributed by atoms with Crippen LogP contribution >= 0.6 is 0 Å². The molecule has 1 aromatic heterocycles. The molecule has 0 spiro atoms. The van der Waals surface area contributed by atoms with E-state index in [1.165, 1.54) is 36.6 Å². The summed E-state index contributed by atoms with van der Waals surface area (Å²) >= 11 is 0. The zero-order chi connectivity index (χ0) is 19.5. The molecule has 0 bridgehead atoms. The van der Waals surface area contributed by atoms with E-state index >= 15 is 0 Å². The van der Waals surface area contributed by atoms with Crippen molar-refractivity contribution in [2.75, 3.05) is 0 Å². The molecule has 0 unspecified atom stereocenters. The summed E-state index contributed by atoms with van der Waals surface area (Å²) in [5, 5.41) is 0.395. The summed E-state index contributed by atoms with van der Waals surface area (Å²) in [6.07, 6.45) is 1.34. The number of halogens is 1. The average Bonchev–Trinajstić information content (AvgIpc) is 2.69. The quantitative estimate of drug-likeness (QED) is 0.382.